The van der Waals surface area contributed by atoms with E-state index in [9.17, 15) is 4.79 Å². The molecule has 0 spiro atoms. The van der Waals surface area contributed by atoms with Crippen LogP contribution in [0.3, 0.4) is 0 Å². The highest BCUT2D eigenvalue weighted by atomic mass is 35.5. The normalized spacial score (nSPS) is 10.9. The van der Waals surface area contributed by atoms with Gasteiger partial charge in [-0.25, -0.2) is 9.97 Å². The average molecular weight is 463 g/mol. The van der Waals surface area contributed by atoms with Crippen LogP contribution < -0.4 is 15.4 Å². The van der Waals surface area contributed by atoms with Crippen LogP contribution in [0.1, 0.15) is 35.5 Å². The highest BCUT2D eigenvalue weighted by molar-refractivity contribution is 6.30. The van der Waals surface area contributed by atoms with E-state index in [0.29, 0.717) is 44.5 Å². The number of amides is 1. The summed E-state index contributed by atoms with van der Waals surface area (Å²) in [6.45, 7) is 3.77. The molecule has 4 aromatic rings. The van der Waals surface area contributed by atoms with Gasteiger partial charge < -0.3 is 20.4 Å². The quantitative estimate of drug-likeness (QED) is 0.288. The van der Waals surface area contributed by atoms with Gasteiger partial charge >= 0.3 is 0 Å². The SMILES string of the molecule is CNc1ccc(Oc2cccc(Cl)c2)cc1C(=N)c1cnc2[nH]cc(C(=O)NC(C)C)c2n1. The number of anilines is 1. The Labute approximate surface area is 195 Å². The van der Waals surface area contributed by atoms with Crippen molar-refractivity contribution in [2.24, 2.45) is 0 Å². The van der Waals surface area contributed by atoms with Gasteiger partial charge in [-0.2, -0.15) is 0 Å². The van der Waals surface area contributed by atoms with Gasteiger partial charge in [-0.3, -0.25) is 10.2 Å². The standard InChI is InChI=1S/C24H23ClN6O2/c1-13(2)30-24(32)18-11-28-23-22(18)31-20(12-29-23)21(26)17-10-16(7-8-19(17)27-3)33-15-6-4-5-14(25)9-15/h4-13,26-27H,1-3H3,(H,28,29)(H,30,32). The van der Waals surface area contributed by atoms with E-state index in [0.717, 1.165) is 5.69 Å². The molecule has 0 aliphatic heterocycles. The number of aromatic nitrogens is 3. The Morgan fingerprint density at radius 2 is 1.94 bits per heavy atom. The van der Waals surface area contributed by atoms with Crippen LogP contribution in [0.4, 0.5) is 5.69 Å². The van der Waals surface area contributed by atoms with Crippen LogP contribution in [0.2, 0.25) is 5.02 Å². The maximum absolute atomic E-state index is 12.5. The van der Waals surface area contributed by atoms with Gasteiger partial charge in [0.1, 0.15) is 22.7 Å². The van der Waals surface area contributed by atoms with Gasteiger partial charge in [0.15, 0.2) is 5.65 Å². The number of H-pyrrole nitrogens is 1. The lowest BCUT2D eigenvalue weighted by atomic mass is 10.0. The fourth-order valence-electron chi connectivity index (χ4n) is 3.34. The third-order valence-corrected chi connectivity index (χ3v) is 5.10. The fourth-order valence-corrected chi connectivity index (χ4v) is 3.52. The first-order chi connectivity index (χ1) is 15.9. The van der Waals surface area contributed by atoms with Crippen molar-refractivity contribution in [1.82, 2.24) is 20.3 Å². The van der Waals surface area contributed by atoms with Gasteiger partial charge in [0.05, 0.1) is 17.5 Å². The molecule has 1 amide bonds. The first-order valence-electron chi connectivity index (χ1n) is 10.3. The van der Waals surface area contributed by atoms with Crippen molar-refractivity contribution in [3.63, 3.8) is 0 Å². The molecule has 0 saturated carbocycles. The van der Waals surface area contributed by atoms with Gasteiger partial charge in [-0.15, -0.1) is 0 Å². The number of nitrogens with one attached hydrogen (secondary N) is 4. The number of aromatic amines is 1. The topological polar surface area (TPSA) is 116 Å². The molecule has 0 unspecified atom stereocenters. The predicted molar refractivity (Wildman–Crippen MR) is 130 cm³/mol. The van der Waals surface area contributed by atoms with Crippen LogP contribution in [0, 0.1) is 5.41 Å². The number of carbonyl (C=O) groups is 1. The maximum atomic E-state index is 12.5. The molecule has 8 nitrogen and oxygen atoms in total. The Bertz CT molecular complexity index is 1350. The number of rotatable bonds is 7. The van der Waals surface area contributed by atoms with Crippen molar-refractivity contribution in [3.05, 3.63) is 76.7 Å². The zero-order valence-corrected chi connectivity index (χ0v) is 19.1. The molecular weight excluding hydrogens is 440 g/mol. The van der Waals surface area contributed by atoms with Crippen molar-refractivity contribution in [2.75, 3.05) is 12.4 Å². The van der Waals surface area contributed by atoms with Crippen LogP contribution in [0.25, 0.3) is 11.2 Å². The number of nitrogens with zero attached hydrogens (tertiary/aromatic N) is 2. The summed E-state index contributed by atoms with van der Waals surface area (Å²) in [7, 11) is 1.78. The molecule has 0 bridgehead atoms. The molecule has 0 aliphatic rings. The predicted octanol–water partition coefficient (Wildman–Crippen LogP) is 5.00. The number of hydrogen-bond acceptors (Lipinski definition) is 6. The number of hydrogen-bond donors (Lipinski definition) is 4. The smallest absolute Gasteiger partial charge is 0.255 e. The van der Waals surface area contributed by atoms with E-state index in [1.807, 2.05) is 19.9 Å². The van der Waals surface area contributed by atoms with Crippen LogP contribution in [-0.4, -0.2) is 39.7 Å². The summed E-state index contributed by atoms with van der Waals surface area (Å²) in [4.78, 5) is 24.4. The summed E-state index contributed by atoms with van der Waals surface area (Å²) >= 11 is 6.05. The van der Waals surface area contributed by atoms with Crippen molar-refractivity contribution in [2.45, 2.75) is 19.9 Å². The molecule has 0 radical (unpaired) electrons. The third-order valence-electron chi connectivity index (χ3n) is 4.86. The van der Waals surface area contributed by atoms with E-state index in [2.05, 4.69) is 25.6 Å². The molecule has 0 aliphatic carbocycles. The van der Waals surface area contributed by atoms with E-state index in [-0.39, 0.29) is 17.7 Å². The molecule has 0 fully saturated rings. The van der Waals surface area contributed by atoms with Crippen LogP contribution in [0.15, 0.2) is 54.9 Å². The first-order valence-corrected chi connectivity index (χ1v) is 10.7. The Morgan fingerprint density at radius 3 is 2.67 bits per heavy atom. The van der Waals surface area contributed by atoms with Crippen molar-refractivity contribution in [1.29, 1.82) is 5.41 Å². The minimum Gasteiger partial charge on any atom is -0.457 e. The van der Waals surface area contributed by atoms with E-state index in [1.54, 1.807) is 49.6 Å². The number of ether oxygens (including phenoxy) is 1. The Balaban J connectivity index is 1.70. The number of fused-ring (bicyclic) bond motifs is 1. The number of halogens is 1. The molecule has 2 aromatic carbocycles. The van der Waals surface area contributed by atoms with E-state index < -0.39 is 0 Å². The van der Waals surface area contributed by atoms with Crippen molar-refractivity contribution < 1.29 is 9.53 Å². The lowest BCUT2D eigenvalue weighted by molar-refractivity contribution is 0.0944. The number of carbonyl (C=O) groups excluding carboxylic acids is 1. The minimum absolute atomic E-state index is 0.0164. The molecule has 168 valence electrons. The summed E-state index contributed by atoms with van der Waals surface area (Å²) in [5.41, 5.74) is 3.05. The lowest BCUT2D eigenvalue weighted by Gasteiger charge is -2.13. The summed E-state index contributed by atoms with van der Waals surface area (Å²) < 4.78 is 5.93. The zero-order valence-electron chi connectivity index (χ0n) is 18.4. The van der Waals surface area contributed by atoms with Gasteiger partial charge in [0.2, 0.25) is 0 Å². The van der Waals surface area contributed by atoms with Crippen LogP contribution >= 0.6 is 11.6 Å². The highest BCUT2D eigenvalue weighted by Crippen LogP contribution is 2.29. The van der Waals surface area contributed by atoms with Gasteiger partial charge in [0.25, 0.3) is 5.91 Å². The lowest BCUT2D eigenvalue weighted by Crippen LogP contribution is -2.30. The monoisotopic (exact) mass is 462 g/mol. The molecule has 33 heavy (non-hydrogen) atoms. The summed E-state index contributed by atoms with van der Waals surface area (Å²) in [5, 5.41) is 15.3. The molecular formula is C24H23ClN6O2. The zero-order chi connectivity index (χ0) is 23.5. The van der Waals surface area contributed by atoms with Gasteiger partial charge in [0, 0.05) is 35.6 Å². The second kappa shape index (κ2) is 9.30. The Morgan fingerprint density at radius 1 is 1.15 bits per heavy atom. The van der Waals surface area contributed by atoms with E-state index >= 15 is 0 Å². The molecule has 0 atom stereocenters. The third kappa shape index (κ3) is 4.80. The largest absolute Gasteiger partial charge is 0.457 e. The van der Waals surface area contributed by atoms with Crippen molar-refractivity contribution in [3.8, 4) is 11.5 Å². The molecule has 2 aromatic heterocycles. The summed E-state index contributed by atoms with van der Waals surface area (Å²) in [6, 6.07) is 12.5. The van der Waals surface area contributed by atoms with Crippen molar-refractivity contribution >= 4 is 40.1 Å². The van der Waals surface area contributed by atoms with Gasteiger partial charge in [-0.05, 0) is 50.2 Å². The molecule has 0 saturated heterocycles. The fraction of sp³-hybridized carbons (Fsp3) is 0.167. The van der Waals surface area contributed by atoms with Crippen LogP contribution in [-0.2, 0) is 0 Å². The Kier molecular flexibility index (Phi) is 6.28. The van der Waals surface area contributed by atoms with Gasteiger partial charge in [-0.1, -0.05) is 17.7 Å². The Hall–Kier alpha value is -3.91. The molecule has 2 heterocycles. The molecule has 4 rings (SSSR count). The molecule has 4 N–H and O–H groups in total. The van der Waals surface area contributed by atoms with E-state index in [1.165, 1.54) is 6.20 Å². The summed E-state index contributed by atoms with van der Waals surface area (Å²) in [6.07, 6.45) is 3.09. The highest BCUT2D eigenvalue weighted by Gasteiger charge is 2.18. The summed E-state index contributed by atoms with van der Waals surface area (Å²) in [5.74, 6) is 0.886. The van der Waals surface area contributed by atoms with Crippen LogP contribution in [0.5, 0.6) is 11.5 Å². The minimum atomic E-state index is -0.248. The second-order valence-corrected chi connectivity index (χ2v) is 8.11. The second-order valence-electron chi connectivity index (χ2n) is 7.67. The first kappa shape index (κ1) is 22.3. The average Bonchev–Trinajstić information content (AvgIpc) is 3.21. The number of benzene rings is 2. The molecule has 9 heteroatoms. The maximum Gasteiger partial charge on any atom is 0.255 e. The van der Waals surface area contributed by atoms with E-state index in [4.69, 9.17) is 21.7 Å².